The molecule has 0 radical (unpaired) electrons. The van der Waals surface area contributed by atoms with Crippen molar-refractivity contribution in [1.29, 1.82) is 0 Å². The molecule has 4 heteroatoms. The topological polar surface area (TPSA) is 37.2 Å². The summed E-state index contributed by atoms with van der Waals surface area (Å²) < 4.78 is 6.88. The number of aromatic nitrogens is 1. The molecule has 0 spiro atoms. The molecule has 0 unspecified atom stereocenters. The number of nitrogens with zero attached hydrogens (tertiary/aromatic N) is 1. The monoisotopic (exact) mass is 174 g/mol. The molecule has 1 rings (SSSR count). The molecule has 62 valence electrons. The van der Waals surface area contributed by atoms with Gasteiger partial charge < -0.3 is 9.52 Å². The lowest BCUT2D eigenvalue weighted by Gasteiger charge is -1.85. The summed E-state index contributed by atoms with van der Waals surface area (Å²) in [7, 11) is 1.77. The summed E-state index contributed by atoms with van der Waals surface area (Å²) in [4.78, 5) is 0. The number of rotatable bonds is 2. The van der Waals surface area contributed by atoms with E-state index in [0.29, 0.717) is 5.09 Å². The van der Waals surface area contributed by atoms with E-state index in [-0.39, 0.29) is 5.88 Å². The third-order valence-corrected chi connectivity index (χ3v) is 2.31. The van der Waals surface area contributed by atoms with Gasteiger partial charge in [0.15, 0.2) is 0 Å². The molecule has 1 aromatic rings. The summed E-state index contributed by atoms with van der Waals surface area (Å²) in [6.07, 6.45) is 0. The average molecular weight is 174 g/mol. The Morgan fingerprint density at radius 1 is 1.64 bits per heavy atom. The highest BCUT2D eigenvalue weighted by Crippen LogP contribution is 2.26. The fourth-order valence-electron chi connectivity index (χ4n) is 0.759. The van der Waals surface area contributed by atoms with E-state index < -0.39 is 0 Å². The van der Waals surface area contributed by atoms with Crippen LogP contribution in [0.4, 0.5) is 0 Å². The molecule has 0 saturated heterocycles. The van der Waals surface area contributed by atoms with E-state index in [1.165, 1.54) is 11.8 Å². The van der Waals surface area contributed by atoms with E-state index in [1.807, 2.05) is 13.8 Å². The van der Waals surface area contributed by atoms with E-state index in [0.717, 1.165) is 11.6 Å². The first kappa shape index (κ1) is 8.46. The van der Waals surface area contributed by atoms with Gasteiger partial charge in [-0.25, -0.2) is 0 Å². The van der Waals surface area contributed by atoms with Crippen LogP contribution >= 0.6 is 11.8 Å². The molecule has 0 aromatic carbocycles. The van der Waals surface area contributed by atoms with Crippen LogP contribution in [0, 0.1) is 6.92 Å². The summed E-state index contributed by atoms with van der Waals surface area (Å²) in [5.74, 6) is 1.84. The zero-order chi connectivity index (χ0) is 8.43. The standard InChI is InChI=1S/C7H11NO2S/c1-4-11-7-6(9)8(3)5(2)10-7/h4H2,1-3H3/p+1. The van der Waals surface area contributed by atoms with Crippen LogP contribution in [-0.2, 0) is 7.05 Å². The lowest BCUT2D eigenvalue weighted by molar-refractivity contribution is -0.687. The highest BCUT2D eigenvalue weighted by Gasteiger charge is 2.21. The Morgan fingerprint density at radius 2 is 2.27 bits per heavy atom. The van der Waals surface area contributed by atoms with Crippen molar-refractivity contribution in [2.24, 2.45) is 7.05 Å². The fourth-order valence-corrected chi connectivity index (χ4v) is 1.47. The molecular formula is C7H12NO2S+. The maximum absolute atomic E-state index is 9.40. The van der Waals surface area contributed by atoms with Gasteiger partial charge >= 0.3 is 11.8 Å². The van der Waals surface area contributed by atoms with Gasteiger partial charge in [0.25, 0.3) is 5.09 Å². The van der Waals surface area contributed by atoms with Gasteiger partial charge in [0.05, 0.1) is 6.92 Å². The lowest BCUT2D eigenvalue weighted by Crippen LogP contribution is -2.28. The smallest absolute Gasteiger partial charge is 0.419 e. The van der Waals surface area contributed by atoms with Crippen molar-refractivity contribution in [3.8, 4) is 5.88 Å². The maximum Gasteiger partial charge on any atom is 0.419 e. The first-order valence-corrected chi connectivity index (χ1v) is 4.46. The molecular weight excluding hydrogens is 162 g/mol. The summed E-state index contributed by atoms with van der Waals surface area (Å²) in [6, 6.07) is 0. The van der Waals surface area contributed by atoms with E-state index in [9.17, 15) is 5.11 Å². The Morgan fingerprint density at radius 3 is 2.64 bits per heavy atom. The largest absolute Gasteiger partial charge is 0.457 e. The molecule has 11 heavy (non-hydrogen) atoms. The van der Waals surface area contributed by atoms with E-state index in [2.05, 4.69) is 0 Å². The molecule has 1 heterocycles. The van der Waals surface area contributed by atoms with Gasteiger partial charge in [-0.1, -0.05) is 18.7 Å². The van der Waals surface area contributed by atoms with Gasteiger partial charge in [-0.05, 0) is 5.75 Å². The normalized spacial score (nSPS) is 10.5. The minimum atomic E-state index is 0.217. The minimum absolute atomic E-state index is 0.217. The van der Waals surface area contributed by atoms with Crippen LogP contribution in [0.5, 0.6) is 5.88 Å². The number of hydrogen-bond donors (Lipinski definition) is 1. The number of aryl methyl sites for hydroxylation is 1. The summed E-state index contributed by atoms with van der Waals surface area (Å²) in [5.41, 5.74) is 0. The summed E-state index contributed by atoms with van der Waals surface area (Å²) >= 11 is 1.50. The molecule has 0 aliphatic heterocycles. The number of hydrogen-bond acceptors (Lipinski definition) is 3. The van der Waals surface area contributed by atoms with Crippen molar-refractivity contribution >= 4 is 11.8 Å². The first-order valence-electron chi connectivity index (χ1n) is 3.48. The van der Waals surface area contributed by atoms with Gasteiger partial charge in [-0.2, -0.15) is 0 Å². The molecule has 0 aliphatic rings. The predicted molar refractivity (Wildman–Crippen MR) is 42.7 cm³/mol. The van der Waals surface area contributed by atoms with Crippen LogP contribution in [0.15, 0.2) is 9.51 Å². The second kappa shape index (κ2) is 3.17. The summed E-state index contributed by atoms with van der Waals surface area (Å²) in [5, 5.41) is 10.0. The van der Waals surface area contributed by atoms with E-state index in [1.54, 1.807) is 11.6 Å². The molecule has 0 fully saturated rings. The van der Waals surface area contributed by atoms with Crippen molar-refractivity contribution in [2.75, 3.05) is 5.75 Å². The van der Waals surface area contributed by atoms with Crippen LogP contribution in [0.25, 0.3) is 0 Å². The second-order valence-corrected chi connectivity index (χ2v) is 3.46. The Labute approximate surface area is 70.0 Å². The number of oxazole rings is 1. The quantitative estimate of drug-likeness (QED) is 0.541. The average Bonchev–Trinajstić information content (AvgIpc) is 2.19. The third kappa shape index (κ3) is 1.50. The lowest BCUT2D eigenvalue weighted by atomic mass is 10.7. The minimum Gasteiger partial charge on any atom is -0.457 e. The number of thioether (sulfide) groups is 1. The number of aromatic hydroxyl groups is 1. The van der Waals surface area contributed by atoms with Crippen molar-refractivity contribution in [2.45, 2.75) is 18.9 Å². The molecule has 0 saturated carbocycles. The zero-order valence-corrected chi connectivity index (χ0v) is 7.73. The molecule has 1 aromatic heterocycles. The van der Waals surface area contributed by atoms with Crippen LogP contribution in [0.1, 0.15) is 12.8 Å². The SMILES string of the molecule is CCSc1oc(C)[n+](C)c1O. The van der Waals surface area contributed by atoms with Crippen LogP contribution in [0.3, 0.4) is 0 Å². The van der Waals surface area contributed by atoms with Gasteiger partial charge in [0.1, 0.15) is 7.05 Å². The van der Waals surface area contributed by atoms with Crippen LogP contribution in [-0.4, -0.2) is 10.9 Å². The highest BCUT2D eigenvalue weighted by atomic mass is 32.2. The molecule has 0 bridgehead atoms. The van der Waals surface area contributed by atoms with Gasteiger partial charge in [0.2, 0.25) is 0 Å². The van der Waals surface area contributed by atoms with Crippen molar-refractivity contribution < 1.29 is 14.1 Å². The van der Waals surface area contributed by atoms with E-state index >= 15 is 0 Å². The Kier molecular flexibility index (Phi) is 2.44. The van der Waals surface area contributed by atoms with Gasteiger partial charge in [-0.15, -0.1) is 4.57 Å². The van der Waals surface area contributed by atoms with Crippen molar-refractivity contribution in [1.82, 2.24) is 0 Å². The van der Waals surface area contributed by atoms with Gasteiger partial charge in [-0.3, -0.25) is 0 Å². The second-order valence-electron chi connectivity index (χ2n) is 2.22. The van der Waals surface area contributed by atoms with E-state index in [4.69, 9.17) is 4.42 Å². The maximum atomic E-state index is 9.40. The van der Waals surface area contributed by atoms with Crippen molar-refractivity contribution in [3.63, 3.8) is 0 Å². The predicted octanol–water partition coefficient (Wildman–Crippen LogP) is 1.23. The van der Waals surface area contributed by atoms with Gasteiger partial charge in [0, 0.05) is 0 Å². The zero-order valence-electron chi connectivity index (χ0n) is 6.92. The molecule has 0 atom stereocenters. The molecule has 0 amide bonds. The van der Waals surface area contributed by atoms with Crippen molar-refractivity contribution in [3.05, 3.63) is 5.89 Å². The highest BCUT2D eigenvalue weighted by molar-refractivity contribution is 7.99. The third-order valence-electron chi connectivity index (χ3n) is 1.49. The summed E-state index contributed by atoms with van der Waals surface area (Å²) in [6.45, 7) is 3.83. The Bertz CT molecular complexity index is 257. The Balaban J connectivity index is 2.98. The molecule has 0 aliphatic carbocycles. The first-order chi connectivity index (χ1) is 5.16. The molecule has 3 nitrogen and oxygen atoms in total. The van der Waals surface area contributed by atoms with Crippen LogP contribution in [0.2, 0.25) is 0 Å². The Hall–Kier alpha value is -0.640. The van der Waals surface area contributed by atoms with Crippen LogP contribution < -0.4 is 4.57 Å². The molecule has 1 N–H and O–H groups in total. The fraction of sp³-hybridized carbons (Fsp3) is 0.571.